The number of aliphatic hydroxyl groups excluding tert-OH is 1. The molecule has 10 heteroatoms. The highest BCUT2D eigenvalue weighted by molar-refractivity contribution is 5.97. The highest BCUT2D eigenvalue weighted by Crippen LogP contribution is 2.30. The fourth-order valence-corrected chi connectivity index (χ4v) is 4.73. The first-order valence-corrected chi connectivity index (χ1v) is 13.3. The lowest BCUT2D eigenvalue weighted by molar-refractivity contribution is -0.119. The van der Waals surface area contributed by atoms with Crippen molar-refractivity contribution in [1.29, 1.82) is 0 Å². The molecule has 2 aromatic rings. The predicted molar refractivity (Wildman–Crippen MR) is 149 cm³/mol. The van der Waals surface area contributed by atoms with E-state index in [-0.39, 0.29) is 47.5 Å². The summed E-state index contributed by atoms with van der Waals surface area (Å²) in [5, 5.41) is 22.7. The molecule has 0 radical (unpaired) electrons. The summed E-state index contributed by atoms with van der Waals surface area (Å²) >= 11 is 0. The SMILES string of the molecule is Cc1cc(CC(=O)Nc2cnn(C(C)(C)C)c2)c(F)cc1OC1=C2C=C(C(=O)NC3CC(O)C3)C=CC2NC=C1. The zero-order valence-electron chi connectivity index (χ0n) is 23.0. The van der Waals surface area contributed by atoms with E-state index in [4.69, 9.17) is 4.74 Å². The van der Waals surface area contributed by atoms with Gasteiger partial charge >= 0.3 is 0 Å². The molecule has 0 saturated heterocycles. The minimum absolute atomic E-state index is 0.0315. The fourth-order valence-electron chi connectivity index (χ4n) is 4.73. The number of aryl methyl sites for hydroxylation is 1. The van der Waals surface area contributed by atoms with Crippen LogP contribution in [0.25, 0.3) is 0 Å². The summed E-state index contributed by atoms with van der Waals surface area (Å²) in [5.41, 5.74) is 2.46. The predicted octanol–water partition coefficient (Wildman–Crippen LogP) is 3.52. The van der Waals surface area contributed by atoms with E-state index in [1.165, 1.54) is 6.07 Å². The number of dihydropyridines is 1. The number of carbonyl (C=O) groups excluding carboxylic acids is 2. The Morgan fingerprint density at radius 3 is 2.73 bits per heavy atom. The third kappa shape index (κ3) is 6.02. The molecule has 1 atom stereocenters. The lowest BCUT2D eigenvalue weighted by Gasteiger charge is -2.32. The number of hydrogen-bond acceptors (Lipinski definition) is 6. The van der Waals surface area contributed by atoms with Crippen molar-refractivity contribution in [2.75, 3.05) is 5.32 Å². The first kappa shape index (κ1) is 27.4. The fraction of sp³-hybridized carbons (Fsp3) is 0.367. The monoisotopic (exact) mass is 547 g/mol. The molecule has 1 fully saturated rings. The second-order valence-electron chi connectivity index (χ2n) is 11.4. The number of ether oxygens (including phenoxy) is 1. The number of benzene rings is 1. The number of anilines is 1. The lowest BCUT2D eigenvalue weighted by atomic mass is 9.88. The van der Waals surface area contributed by atoms with Crippen LogP contribution in [-0.4, -0.2) is 44.9 Å². The molecular formula is C30H34FN5O4. The van der Waals surface area contributed by atoms with Gasteiger partial charge in [-0.2, -0.15) is 5.10 Å². The second-order valence-corrected chi connectivity index (χ2v) is 11.4. The minimum Gasteiger partial charge on any atom is -0.457 e. The van der Waals surface area contributed by atoms with E-state index < -0.39 is 5.82 Å². The van der Waals surface area contributed by atoms with Crippen LogP contribution in [0.1, 0.15) is 44.7 Å². The number of fused-ring (bicyclic) bond motifs is 1. The Hall–Kier alpha value is -4.18. The number of allylic oxidation sites excluding steroid dienone is 1. The Bertz CT molecular complexity index is 1460. The topological polar surface area (TPSA) is 118 Å². The van der Waals surface area contributed by atoms with Gasteiger partial charge in [-0.05, 0) is 69.9 Å². The first-order chi connectivity index (χ1) is 19.0. The molecule has 3 aliphatic rings. The van der Waals surface area contributed by atoms with Gasteiger partial charge in [-0.1, -0.05) is 12.2 Å². The van der Waals surface area contributed by atoms with Gasteiger partial charge in [0.25, 0.3) is 5.91 Å². The standard InChI is InChI=1S/C30H34FN5O4/c1-17-9-19(11-28(38)34-21-15-33-36(16-21)30(2,3)4)24(31)14-27(17)40-26-7-8-32-25-6-5-18(10-23(25)26)29(39)35-20-12-22(37)13-20/h5-10,14-16,20,22,25,32,37H,11-13H2,1-4H3,(H,34,38)(H,35,39). The van der Waals surface area contributed by atoms with E-state index in [1.807, 2.05) is 26.8 Å². The molecule has 1 aliphatic heterocycles. The van der Waals surface area contributed by atoms with E-state index in [0.717, 1.165) is 5.57 Å². The van der Waals surface area contributed by atoms with Crippen LogP contribution in [0, 0.1) is 12.7 Å². The number of nitrogens with zero attached hydrogens (tertiary/aromatic N) is 2. The largest absolute Gasteiger partial charge is 0.457 e. The van der Waals surface area contributed by atoms with Crippen molar-refractivity contribution in [2.45, 2.75) is 70.7 Å². The van der Waals surface area contributed by atoms with Crippen LogP contribution in [0.3, 0.4) is 0 Å². The van der Waals surface area contributed by atoms with Crippen LogP contribution in [0.2, 0.25) is 0 Å². The number of halogens is 1. The maximum absolute atomic E-state index is 15.1. The van der Waals surface area contributed by atoms with Gasteiger partial charge in [-0.25, -0.2) is 4.39 Å². The van der Waals surface area contributed by atoms with Crippen LogP contribution < -0.4 is 20.7 Å². The number of carbonyl (C=O) groups is 2. The molecule has 0 bridgehead atoms. The second kappa shape index (κ2) is 10.8. The van der Waals surface area contributed by atoms with Crippen LogP contribution in [-0.2, 0) is 21.5 Å². The summed E-state index contributed by atoms with van der Waals surface area (Å²) in [4.78, 5) is 25.4. The van der Waals surface area contributed by atoms with Crippen molar-refractivity contribution in [2.24, 2.45) is 0 Å². The summed E-state index contributed by atoms with van der Waals surface area (Å²) in [7, 11) is 0. The van der Waals surface area contributed by atoms with E-state index in [1.54, 1.807) is 54.5 Å². The van der Waals surface area contributed by atoms with Gasteiger partial charge in [0.05, 0.1) is 36.0 Å². The third-order valence-corrected chi connectivity index (χ3v) is 7.09. The highest BCUT2D eigenvalue weighted by atomic mass is 19.1. The first-order valence-electron chi connectivity index (χ1n) is 13.3. The summed E-state index contributed by atoms with van der Waals surface area (Å²) < 4.78 is 23.0. The molecule has 2 amide bonds. The normalized spacial score (nSPS) is 21.6. The Morgan fingerprint density at radius 1 is 1.25 bits per heavy atom. The minimum atomic E-state index is -0.553. The van der Waals surface area contributed by atoms with E-state index in [2.05, 4.69) is 21.0 Å². The zero-order chi connectivity index (χ0) is 28.6. The molecule has 5 rings (SSSR count). The van der Waals surface area contributed by atoms with Gasteiger partial charge in [-0.3, -0.25) is 14.3 Å². The number of amides is 2. The number of aliphatic hydroxyl groups is 1. The summed E-state index contributed by atoms with van der Waals surface area (Å²) in [6.45, 7) is 7.80. The van der Waals surface area contributed by atoms with Crippen LogP contribution in [0.15, 0.2) is 71.9 Å². The molecule has 1 saturated carbocycles. The van der Waals surface area contributed by atoms with Gasteiger partial charge in [0.1, 0.15) is 17.3 Å². The lowest BCUT2D eigenvalue weighted by Crippen LogP contribution is -2.47. The van der Waals surface area contributed by atoms with Gasteiger partial charge in [-0.15, -0.1) is 0 Å². The number of rotatable bonds is 7. The number of hydrogen-bond donors (Lipinski definition) is 4. The smallest absolute Gasteiger partial charge is 0.251 e. The Labute approximate surface area is 232 Å². The average molecular weight is 548 g/mol. The van der Waals surface area contributed by atoms with Gasteiger partial charge in [0.15, 0.2) is 0 Å². The molecule has 0 spiro atoms. The highest BCUT2D eigenvalue weighted by Gasteiger charge is 2.30. The summed E-state index contributed by atoms with van der Waals surface area (Å²) in [6.07, 6.45) is 12.8. The Balaban J connectivity index is 1.29. The molecule has 4 N–H and O–H groups in total. The number of nitrogens with one attached hydrogen (secondary N) is 3. The Kier molecular flexibility index (Phi) is 7.37. The molecule has 1 unspecified atom stereocenters. The van der Waals surface area contributed by atoms with Crippen molar-refractivity contribution in [3.05, 3.63) is 88.9 Å². The Morgan fingerprint density at radius 2 is 2.02 bits per heavy atom. The van der Waals surface area contributed by atoms with E-state index in [0.29, 0.717) is 41.2 Å². The number of aromatic nitrogens is 2. The maximum Gasteiger partial charge on any atom is 0.251 e. The molecular weight excluding hydrogens is 513 g/mol. The molecule has 2 heterocycles. The van der Waals surface area contributed by atoms with Gasteiger partial charge in [0, 0.05) is 35.7 Å². The summed E-state index contributed by atoms with van der Waals surface area (Å²) in [5.74, 6) is -0.317. The molecule has 210 valence electrons. The zero-order valence-corrected chi connectivity index (χ0v) is 23.0. The van der Waals surface area contributed by atoms with Gasteiger partial charge < -0.3 is 25.8 Å². The van der Waals surface area contributed by atoms with Crippen molar-refractivity contribution in [3.63, 3.8) is 0 Å². The molecule has 9 nitrogen and oxygen atoms in total. The average Bonchev–Trinajstić information content (AvgIpc) is 3.35. The van der Waals surface area contributed by atoms with E-state index >= 15 is 4.39 Å². The van der Waals surface area contributed by atoms with Crippen molar-refractivity contribution in [3.8, 4) is 5.75 Å². The molecule has 1 aromatic carbocycles. The quantitative estimate of drug-likeness (QED) is 0.422. The third-order valence-electron chi connectivity index (χ3n) is 7.09. The van der Waals surface area contributed by atoms with Gasteiger partial charge in [0.2, 0.25) is 5.91 Å². The molecule has 40 heavy (non-hydrogen) atoms. The van der Waals surface area contributed by atoms with Crippen LogP contribution in [0.5, 0.6) is 5.75 Å². The van der Waals surface area contributed by atoms with Crippen molar-refractivity contribution < 1.29 is 23.8 Å². The summed E-state index contributed by atoms with van der Waals surface area (Å²) in [6, 6.07) is 2.67. The molecule has 1 aromatic heterocycles. The van der Waals surface area contributed by atoms with Crippen molar-refractivity contribution >= 4 is 17.5 Å². The van der Waals surface area contributed by atoms with Crippen LogP contribution in [0.4, 0.5) is 10.1 Å². The van der Waals surface area contributed by atoms with Crippen LogP contribution >= 0.6 is 0 Å². The maximum atomic E-state index is 15.1. The molecule has 2 aliphatic carbocycles. The van der Waals surface area contributed by atoms with Crippen molar-refractivity contribution in [1.82, 2.24) is 20.4 Å². The van der Waals surface area contributed by atoms with E-state index in [9.17, 15) is 14.7 Å².